The Labute approximate surface area is 167 Å². The quantitative estimate of drug-likeness (QED) is 0.649. The lowest BCUT2D eigenvalue weighted by Crippen LogP contribution is -2.23. The molecular formula is C22H31N5O. The number of ether oxygens (including phenoxy) is 1. The third kappa shape index (κ3) is 3.87. The van der Waals surface area contributed by atoms with Crippen molar-refractivity contribution in [2.75, 3.05) is 25.1 Å². The van der Waals surface area contributed by atoms with E-state index in [-0.39, 0.29) is 0 Å². The maximum Gasteiger partial charge on any atom is 0.177 e. The molecule has 0 saturated carbocycles. The highest BCUT2D eigenvalue weighted by Gasteiger charge is 2.25. The fourth-order valence-electron chi connectivity index (χ4n) is 3.51. The van der Waals surface area contributed by atoms with Crippen LogP contribution in [-0.2, 0) is 11.3 Å². The van der Waals surface area contributed by atoms with Crippen LogP contribution in [0.1, 0.15) is 50.4 Å². The van der Waals surface area contributed by atoms with Crippen LogP contribution in [0.25, 0.3) is 0 Å². The van der Waals surface area contributed by atoms with Crippen molar-refractivity contribution < 1.29 is 4.74 Å². The highest BCUT2D eigenvalue weighted by Crippen LogP contribution is 2.31. The first-order valence-corrected chi connectivity index (χ1v) is 10.1. The number of benzene rings is 1. The van der Waals surface area contributed by atoms with Crippen LogP contribution in [0.3, 0.4) is 0 Å². The van der Waals surface area contributed by atoms with Crippen molar-refractivity contribution in [2.24, 2.45) is 9.98 Å². The first kappa shape index (κ1) is 20.3. The predicted molar refractivity (Wildman–Crippen MR) is 117 cm³/mol. The molecule has 150 valence electrons. The van der Waals surface area contributed by atoms with Gasteiger partial charge in [-0.15, -0.1) is 0 Å². The number of aliphatic imine (C=N–C) groups is 2. The van der Waals surface area contributed by atoms with Gasteiger partial charge in [-0.05, 0) is 57.9 Å². The van der Waals surface area contributed by atoms with E-state index in [1.54, 1.807) is 7.11 Å². The van der Waals surface area contributed by atoms with Crippen molar-refractivity contribution in [1.29, 1.82) is 0 Å². The number of fused-ring (bicyclic) bond motifs is 1. The van der Waals surface area contributed by atoms with E-state index in [0.717, 1.165) is 53.0 Å². The van der Waals surface area contributed by atoms with Crippen molar-refractivity contribution >= 4 is 28.7 Å². The number of aryl methyl sites for hydroxylation is 2. The summed E-state index contributed by atoms with van der Waals surface area (Å²) < 4.78 is 7.15. The van der Waals surface area contributed by atoms with Crippen molar-refractivity contribution in [3.05, 3.63) is 35.0 Å². The van der Waals surface area contributed by atoms with Crippen LogP contribution in [0.15, 0.2) is 28.2 Å². The first-order chi connectivity index (χ1) is 13.5. The number of unbranched alkanes of at least 4 members (excludes halogenated alkanes) is 1. The number of anilines is 1. The topological polar surface area (TPSA) is 55.0 Å². The monoisotopic (exact) mass is 381 g/mol. The molecule has 1 aliphatic heterocycles. The van der Waals surface area contributed by atoms with Gasteiger partial charge in [-0.2, -0.15) is 9.78 Å². The van der Waals surface area contributed by atoms with Gasteiger partial charge in [0.1, 0.15) is 0 Å². The molecule has 6 nitrogen and oxygen atoms in total. The fraction of sp³-hybridized carbons (Fsp3) is 0.500. The van der Waals surface area contributed by atoms with Crippen LogP contribution in [0.4, 0.5) is 17.2 Å². The zero-order valence-electron chi connectivity index (χ0n) is 17.9. The van der Waals surface area contributed by atoms with Gasteiger partial charge in [-0.3, -0.25) is 0 Å². The number of hydrogen-bond donors (Lipinski definition) is 0. The van der Waals surface area contributed by atoms with E-state index in [1.165, 1.54) is 18.5 Å². The molecule has 0 amide bonds. The minimum absolute atomic E-state index is 0.504. The molecule has 1 aliphatic rings. The lowest BCUT2D eigenvalue weighted by Gasteiger charge is -2.23. The van der Waals surface area contributed by atoms with Gasteiger partial charge in [-0.1, -0.05) is 13.3 Å². The van der Waals surface area contributed by atoms with Gasteiger partial charge in [-0.25, -0.2) is 9.98 Å². The van der Waals surface area contributed by atoms with E-state index >= 15 is 0 Å². The van der Waals surface area contributed by atoms with E-state index in [9.17, 15) is 0 Å². The van der Waals surface area contributed by atoms with Gasteiger partial charge >= 0.3 is 0 Å². The minimum Gasteiger partial charge on any atom is -0.380 e. The smallest absolute Gasteiger partial charge is 0.177 e. The molecule has 1 aromatic carbocycles. The molecule has 0 fully saturated rings. The van der Waals surface area contributed by atoms with Gasteiger partial charge < -0.3 is 9.64 Å². The summed E-state index contributed by atoms with van der Waals surface area (Å²) in [5, 5.41) is 4.64. The van der Waals surface area contributed by atoms with Gasteiger partial charge in [0.15, 0.2) is 11.7 Å². The molecule has 0 aliphatic carbocycles. The molecule has 28 heavy (non-hydrogen) atoms. The first-order valence-electron chi connectivity index (χ1n) is 10.1. The summed E-state index contributed by atoms with van der Waals surface area (Å²) in [5.74, 6) is 1.62. The molecule has 0 spiro atoms. The molecule has 0 bridgehead atoms. The number of rotatable bonds is 8. The Balaban J connectivity index is 1.93. The van der Waals surface area contributed by atoms with E-state index in [4.69, 9.17) is 9.73 Å². The van der Waals surface area contributed by atoms with Crippen LogP contribution in [0.2, 0.25) is 0 Å². The molecule has 2 aromatic rings. The van der Waals surface area contributed by atoms with Crippen LogP contribution in [-0.4, -0.2) is 41.5 Å². The Hall–Kier alpha value is -2.47. The molecule has 3 rings (SSSR count). The number of nitrogens with zero attached hydrogens (tertiary/aromatic N) is 5. The van der Waals surface area contributed by atoms with E-state index in [0.29, 0.717) is 6.61 Å². The molecular weight excluding hydrogens is 350 g/mol. The number of methoxy groups -OCH3 is 1. The Bertz CT molecular complexity index is 910. The second kappa shape index (κ2) is 8.69. The van der Waals surface area contributed by atoms with E-state index < -0.39 is 0 Å². The second-order valence-electron chi connectivity index (χ2n) is 7.27. The standard InChI is InChI=1S/C22H31N5O/c1-7-9-12-26(8-2)18-10-11-20(15(3)13-18)24-21-17(5)23-22-19(14-28-6)16(4)25-27(21)22/h10-11,13H,7-9,12,14H2,1-6H3/b24-21-. The van der Waals surface area contributed by atoms with Crippen LogP contribution >= 0.6 is 0 Å². The Kier molecular flexibility index (Phi) is 6.29. The summed E-state index contributed by atoms with van der Waals surface area (Å²) in [5.41, 5.74) is 6.20. The fourth-order valence-corrected chi connectivity index (χ4v) is 3.51. The molecule has 2 heterocycles. The average Bonchev–Trinajstić information content (AvgIpc) is 3.13. The van der Waals surface area contributed by atoms with Gasteiger partial charge in [0.25, 0.3) is 0 Å². The largest absolute Gasteiger partial charge is 0.380 e. The van der Waals surface area contributed by atoms with Crippen molar-refractivity contribution in [3.8, 4) is 0 Å². The summed E-state index contributed by atoms with van der Waals surface area (Å²) in [6.07, 6.45) is 2.41. The molecule has 0 atom stereocenters. The lowest BCUT2D eigenvalue weighted by atomic mass is 10.1. The van der Waals surface area contributed by atoms with Gasteiger partial charge in [0, 0.05) is 31.5 Å². The molecule has 0 unspecified atom stereocenters. The summed E-state index contributed by atoms with van der Waals surface area (Å²) in [4.78, 5) is 12.0. The number of hydrogen-bond acceptors (Lipinski definition) is 5. The van der Waals surface area contributed by atoms with Gasteiger partial charge in [0.05, 0.1) is 23.7 Å². The van der Waals surface area contributed by atoms with Crippen LogP contribution in [0, 0.1) is 13.8 Å². The molecule has 1 aromatic heterocycles. The Morgan fingerprint density at radius 3 is 2.61 bits per heavy atom. The third-order valence-corrected chi connectivity index (χ3v) is 5.18. The summed E-state index contributed by atoms with van der Waals surface area (Å²) >= 11 is 0. The number of aromatic nitrogens is 2. The van der Waals surface area contributed by atoms with E-state index in [1.807, 2.05) is 18.5 Å². The Morgan fingerprint density at radius 2 is 1.96 bits per heavy atom. The van der Waals surface area contributed by atoms with Crippen molar-refractivity contribution in [2.45, 2.75) is 54.1 Å². The summed E-state index contributed by atoms with van der Waals surface area (Å²) in [7, 11) is 1.69. The van der Waals surface area contributed by atoms with Crippen molar-refractivity contribution in [1.82, 2.24) is 9.78 Å². The second-order valence-corrected chi connectivity index (χ2v) is 7.27. The zero-order valence-corrected chi connectivity index (χ0v) is 17.9. The molecule has 6 heteroatoms. The lowest BCUT2D eigenvalue weighted by molar-refractivity contribution is 0.185. The molecule has 0 saturated heterocycles. The normalized spacial score (nSPS) is 14.5. The van der Waals surface area contributed by atoms with E-state index in [2.05, 4.69) is 54.0 Å². The molecule has 0 radical (unpaired) electrons. The SMILES string of the molecule is CCCCN(CC)c1ccc(/N=C2/C(C)=Nc3c(COC)c(C)nn32)c(C)c1. The highest BCUT2D eigenvalue weighted by molar-refractivity contribution is 6.44. The highest BCUT2D eigenvalue weighted by atomic mass is 16.5. The zero-order chi connectivity index (χ0) is 20.3. The summed E-state index contributed by atoms with van der Waals surface area (Å²) in [6.45, 7) is 13.1. The van der Waals surface area contributed by atoms with Crippen molar-refractivity contribution in [3.63, 3.8) is 0 Å². The van der Waals surface area contributed by atoms with Gasteiger partial charge in [0.2, 0.25) is 0 Å². The predicted octanol–water partition coefficient (Wildman–Crippen LogP) is 4.96. The Morgan fingerprint density at radius 1 is 1.18 bits per heavy atom. The van der Waals surface area contributed by atoms with Crippen LogP contribution < -0.4 is 4.90 Å². The maximum absolute atomic E-state index is 5.31. The third-order valence-electron chi connectivity index (χ3n) is 5.18. The average molecular weight is 382 g/mol. The maximum atomic E-state index is 5.31. The minimum atomic E-state index is 0.504. The molecule has 0 N–H and O–H groups in total. The summed E-state index contributed by atoms with van der Waals surface area (Å²) in [6, 6.07) is 6.49. The van der Waals surface area contributed by atoms with Crippen LogP contribution in [0.5, 0.6) is 0 Å².